The van der Waals surface area contributed by atoms with Crippen LogP contribution in [-0.2, 0) is 0 Å². The Kier molecular flexibility index (Phi) is 4.41. The van der Waals surface area contributed by atoms with E-state index >= 15 is 0 Å². The number of benzene rings is 1. The van der Waals surface area contributed by atoms with Gasteiger partial charge in [-0.05, 0) is 38.7 Å². The highest BCUT2D eigenvalue weighted by atomic mass is 15.3. The molecule has 1 aliphatic heterocycles. The van der Waals surface area contributed by atoms with Crippen LogP contribution in [0.4, 0.5) is 5.69 Å². The summed E-state index contributed by atoms with van der Waals surface area (Å²) in [5.74, 6) is 0. The Morgan fingerprint density at radius 1 is 1.37 bits per heavy atom. The van der Waals surface area contributed by atoms with Crippen LogP contribution in [-0.4, -0.2) is 56.1 Å². The molecule has 4 nitrogen and oxygen atoms in total. The molecule has 0 spiro atoms. The zero-order valence-electron chi connectivity index (χ0n) is 12.0. The predicted octanol–water partition coefficient (Wildman–Crippen LogP) is 1.52. The lowest BCUT2D eigenvalue weighted by Crippen LogP contribution is -2.52. The van der Waals surface area contributed by atoms with Gasteiger partial charge in [0.1, 0.15) is 6.07 Å². The largest absolute Gasteiger partial charge is 0.382 e. The van der Waals surface area contributed by atoms with Gasteiger partial charge in [-0.2, -0.15) is 5.26 Å². The number of rotatable bonds is 3. The minimum Gasteiger partial charge on any atom is -0.382 e. The summed E-state index contributed by atoms with van der Waals surface area (Å²) in [5.41, 5.74) is 2.84. The third kappa shape index (κ3) is 3.46. The third-order valence-corrected chi connectivity index (χ3v) is 3.80. The van der Waals surface area contributed by atoms with Crippen LogP contribution >= 0.6 is 0 Å². The summed E-state index contributed by atoms with van der Waals surface area (Å²) in [4.78, 5) is 4.74. The maximum Gasteiger partial charge on any atom is 0.101 e. The summed E-state index contributed by atoms with van der Waals surface area (Å²) >= 11 is 0. The summed E-state index contributed by atoms with van der Waals surface area (Å²) in [6.07, 6.45) is 0. The molecular formula is C15H22N4. The smallest absolute Gasteiger partial charge is 0.101 e. The average Bonchev–Trinajstić information content (AvgIpc) is 2.40. The third-order valence-electron chi connectivity index (χ3n) is 3.80. The molecule has 1 aromatic carbocycles. The lowest BCUT2D eigenvalue weighted by molar-refractivity contribution is 0.122. The molecule has 1 atom stereocenters. The van der Waals surface area contributed by atoms with Gasteiger partial charge in [0.25, 0.3) is 0 Å². The molecule has 1 saturated heterocycles. The molecule has 0 bridgehead atoms. The van der Waals surface area contributed by atoms with Crippen LogP contribution in [0.5, 0.6) is 0 Å². The molecule has 102 valence electrons. The van der Waals surface area contributed by atoms with E-state index in [1.54, 1.807) is 0 Å². The fourth-order valence-corrected chi connectivity index (χ4v) is 2.45. The number of piperazine rings is 1. The highest BCUT2D eigenvalue weighted by Crippen LogP contribution is 2.17. The van der Waals surface area contributed by atoms with Gasteiger partial charge < -0.3 is 10.2 Å². The van der Waals surface area contributed by atoms with Gasteiger partial charge >= 0.3 is 0 Å². The number of nitriles is 1. The second-order valence-corrected chi connectivity index (χ2v) is 5.44. The van der Waals surface area contributed by atoms with Crippen LogP contribution in [0.25, 0.3) is 0 Å². The van der Waals surface area contributed by atoms with Crippen molar-refractivity contribution in [2.75, 3.05) is 45.6 Å². The SMILES string of the molecule is Cc1ccc(C#N)c(NCC2CN(C)CCN2C)c1. The molecule has 0 saturated carbocycles. The van der Waals surface area contributed by atoms with Gasteiger partial charge in [-0.3, -0.25) is 4.90 Å². The van der Waals surface area contributed by atoms with Crippen LogP contribution in [0, 0.1) is 18.3 Å². The van der Waals surface area contributed by atoms with Gasteiger partial charge in [0.2, 0.25) is 0 Å². The molecule has 4 heteroatoms. The minimum absolute atomic E-state index is 0.491. The lowest BCUT2D eigenvalue weighted by Gasteiger charge is -2.38. The summed E-state index contributed by atoms with van der Waals surface area (Å²) < 4.78 is 0. The topological polar surface area (TPSA) is 42.3 Å². The van der Waals surface area contributed by atoms with Crippen molar-refractivity contribution in [2.45, 2.75) is 13.0 Å². The molecule has 19 heavy (non-hydrogen) atoms. The van der Waals surface area contributed by atoms with E-state index in [0.29, 0.717) is 6.04 Å². The molecule has 1 aliphatic rings. The van der Waals surface area contributed by atoms with E-state index < -0.39 is 0 Å². The van der Waals surface area contributed by atoms with E-state index in [1.807, 2.05) is 25.1 Å². The number of hydrogen-bond acceptors (Lipinski definition) is 4. The molecule has 0 aromatic heterocycles. The molecule has 1 N–H and O–H groups in total. The van der Waals surface area contributed by atoms with Crippen LogP contribution in [0.15, 0.2) is 18.2 Å². The maximum absolute atomic E-state index is 9.13. The van der Waals surface area contributed by atoms with E-state index in [4.69, 9.17) is 5.26 Å². The Morgan fingerprint density at radius 2 is 2.16 bits per heavy atom. The first kappa shape index (κ1) is 13.9. The molecule has 0 radical (unpaired) electrons. The van der Waals surface area contributed by atoms with Gasteiger partial charge in [0, 0.05) is 32.2 Å². The van der Waals surface area contributed by atoms with E-state index in [9.17, 15) is 0 Å². The van der Waals surface area contributed by atoms with Gasteiger partial charge in [-0.15, -0.1) is 0 Å². The highest BCUT2D eigenvalue weighted by molar-refractivity contribution is 5.58. The summed E-state index contributed by atoms with van der Waals surface area (Å²) in [7, 11) is 4.33. The van der Waals surface area contributed by atoms with E-state index in [2.05, 4.69) is 35.3 Å². The van der Waals surface area contributed by atoms with Crippen molar-refractivity contribution in [1.82, 2.24) is 9.80 Å². The van der Waals surface area contributed by atoms with Crippen molar-refractivity contribution in [3.05, 3.63) is 29.3 Å². The Hall–Kier alpha value is -1.57. The van der Waals surface area contributed by atoms with Crippen molar-refractivity contribution >= 4 is 5.69 Å². The van der Waals surface area contributed by atoms with E-state index in [1.165, 1.54) is 5.56 Å². The van der Waals surface area contributed by atoms with Crippen LogP contribution in [0.2, 0.25) is 0 Å². The molecule has 2 rings (SSSR count). The van der Waals surface area contributed by atoms with Gasteiger partial charge in [-0.1, -0.05) is 6.07 Å². The molecular weight excluding hydrogens is 236 g/mol. The first-order chi connectivity index (χ1) is 9.10. The molecule has 1 fully saturated rings. The Morgan fingerprint density at radius 3 is 2.89 bits per heavy atom. The van der Waals surface area contributed by atoms with Crippen molar-refractivity contribution in [3.63, 3.8) is 0 Å². The zero-order chi connectivity index (χ0) is 13.8. The highest BCUT2D eigenvalue weighted by Gasteiger charge is 2.21. The molecule has 1 unspecified atom stereocenters. The molecule has 0 amide bonds. The quantitative estimate of drug-likeness (QED) is 0.892. The van der Waals surface area contributed by atoms with Crippen LogP contribution in [0.1, 0.15) is 11.1 Å². The predicted molar refractivity (Wildman–Crippen MR) is 78.3 cm³/mol. The fourth-order valence-electron chi connectivity index (χ4n) is 2.45. The standard InChI is InChI=1S/C15H22N4/c1-12-4-5-13(9-16)15(8-12)17-10-14-11-18(2)6-7-19(14)3/h4-5,8,14,17H,6-7,10-11H2,1-3H3. The van der Waals surface area contributed by atoms with E-state index in [-0.39, 0.29) is 0 Å². The number of nitrogens with one attached hydrogen (secondary N) is 1. The second-order valence-electron chi connectivity index (χ2n) is 5.44. The Labute approximate surface area is 115 Å². The normalized spacial score (nSPS) is 21.1. The van der Waals surface area contributed by atoms with Crippen LogP contribution < -0.4 is 5.32 Å². The summed E-state index contributed by atoms with van der Waals surface area (Å²) in [6.45, 7) is 6.21. The average molecular weight is 258 g/mol. The van der Waals surface area contributed by atoms with Crippen LogP contribution in [0.3, 0.4) is 0 Å². The molecule has 0 aliphatic carbocycles. The summed E-state index contributed by atoms with van der Waals surface area (Å²) in [5, 5.41) is 12.6. The number of hydrogen-bond donors (Lipinski definition) is 1. The zero-order valence-corrected chi connectivity index (χ0v) is 12.0. The number of aryl methyl sites for hydroxylation is 1. The number of nitrogens with zero attached hydrogens (tertiary/aromatic N) is 3. The minimum atomic E-state index is 0.491. The first-order valence-electron chi connectivity index (χ1n) is 6.73. The Balaban J connectivity index is 2.02. The monoisotopic (exact) mass is 258 g/mol. The summed E-state index contributed by atoms with van der Waals surface area (Å²) in [6, 6.07) is 8.64. The van der Waals surface area contributed by atoms with Crippen molar-refractivity contribution in [2.24, 2.45) is 0 Å². The fraction of sp³-hybridized carbons (Fsp3) is 0.533. The lowest BCUT2D eigenvalue weighted by atomic mass is 10.1. The Bertz CT molecular complexity index is 478. The molecule has 1 heterocycles. The first-order valence-corrected chi connectivity index (χ1v) is 6.73. The van der Waals surface area contributed by atoms with Crippen molar-refractivity contribution in [3.8, 4) is 6.07 Å². The van der Waals surface area contributed by atoms with Gasteiger partial charge in [0.05, 0.1) is 11.3 Å². The number of anilines is 1. The van der Waals surface area contributed by atoms with E-state index in [0.717, 1.165) is 37.4 Å². The maximum atomic E-state index is 9.13. The second kappa shape index (κ2) is 6.05. The van der Waals surface area contributed by atoms with Gasteiger partial charge in [-0.25, -0.2) is 0 Å². The van der Waals surface area contributed by atoms with Crippen molar-refractivity contribution in [1.29, 1.82) is 5.26 Å². The molecule has 1 aromatic rings. The van der Waals surface area contributed by atoms with Gasteiger partial charge in [0.15, 0.2) is 0 Å². The number of likely N-dealkylation sites (N-methyl/N-ethyl adjacent to an activating group) is 2. The van der Waals surface area contributed by atoms with Crippen molar-refractivity contribution < 1.29 is 0 Å².